The van der Waals surface area contributed by atoms with Crippen molar-refractivity contribution in [3.8, 4) is 0 Å². The number of hydrogen-bond donors (Lipinski definition) is 0. The van der Waals surface area contributed by atoms with Crippen LogP contribution in [0.2, 0.25) is 0 Å². The molecule has 2 aliphatic rings. The Morgan fingerprint density at radius 1 is 1.13 bits per heavy atom. The van der Waals surface area contributed by atoms with Gasteiger partial charge in [0.1, 0.15) is 0 Å². The lowest BCUT2D eigenvalue weighted by atomic mass is 9.86. The van der Waals surface area contributed by atoms with Crippen LogP contribution in [0.25, 0.3) is 0 Å². The van der Waals surface area contributed by atoms with Gasteiger partial charge in [-0.15, -0.1) is 0 Å². The SMILES string of the molecule is CCc1cccc(CC)c1N1C(=O)C2C=CC=CC2(OC)C1=O. The van der Waals surface area contributed by atoms with E-state index in [0.717, 1.165) is 29.7 Å². The molecule has 1 fully saturated rings. The number of fused-ring (bicyclic) bond motifs is 1. The van der Waals surface area contributed by atoms with E-state index in [1.807, 2.05) is 32.0 Å². The standard InChI is InChI=1S/C19H21NO3/c1-4-13-9-8-10-14(5-2)16(13)20-17(21)15-11-6-7-12-19(15,23-3)18(20)22/h6-12,15H,4-5H2,1-3H3. The molecule has 0 aromatic heterocycles. The zero-order valence-electron chi connectivity index (χ0n) is 13.7. The molecule has 1 aromatic carbocycles. The van der Waals surface area contributed by atoms with Crippen LogP contribution in [0.15, 0.2) is 42.5 Å². The fourth-order valence-electron chi connectivity index (χ4n) is 3.50. The zero-order chi connectivity index (χ0) is 16.6. The van der Waals surface area contributed by atoms with Crippen LogP contribution in [0, 0.1) is 5.92 Å². The number of ether oxygens (including phenoxy) is 1. The normalized spacial score (nSPS) is 26.0. The molecule has 4 heteroatoms. The Morgan fingerprint density at radius 2 is 1.78 bits per heavy atom. The summed E-state index contributed by atoms with van der Waals surface area (Å²) in [6.45, 7) is 4.06. The van der Waals surface area contributed by atoms with E-state index in [-0.39, 0.29) is 11.8 Å². The fourth-order valence-corrected chi connectivity index (χ4v) is 3.50. The number of benzene rings is 1. The maximum absolute atomic E-state index is 13.1. The number of allylic oxidation sites excluding steroid dienone is 2. The van der Waals surface area contributed by atoms with E-state index in [9.17, 15) is 9.59 Å². The van der Waals surface area contributed by atoms with Gasteiger partial charge in [-0.3, -0.25) is 9.59 Å². The largest absolute Gasteiger partial charge is 0.363 e. The number of aryl methyl sites for hydroxylation is 2. The number of amides is 2. The van der Waals surface area contributed by atoms with Crippen LogP contribution >= 0.6 is 0 Å². The van der Waals surface area contributed by atoms with Crippen LogP contribution in [0.5, 0.6) is 0 Å². The molecule has 120 valence electrons. The molecule has 2 atom stereocenters. The highest BCUT2D eigenvalue weighted by Gasteiger charge is 2.59. The lowest BCUT2D eigenvalue weighted by Gasteiger charge is -2.27. The fraction of sp³-hybridized carbons (Fsp3) is 0.368. The van der Waals surface area contributed by atoms with E-state index < -0.39 is 11.5 Å². The number of methoxy groups -OCH3 is 1. The quantitative estimate of drug-likeness (QED) is 0.803. The van der Waals surface area contributed by atoms with Gasteiger partial charge in [-0.2, -0.15) is 0 Å². The molecule has 2 amide bonds. The second-order valence-electron chi connectivity index (χ2n) is 5.83. The number of carbonyl (C=O) groups excluding carboxylic acids is 2. The highest BCUT2D eigenvalue weighted by atomic mass is 16.5. The first-order valence-corrected chi connectivity index (χ1v) is 8.01. The third kappa shape index (κ3) is 2.09. The highest BCUT2D eigenvalue weighted by Crippen LogP contribution is 2.42. The average molecular weight is 311 g/mol. The monoisotopic (exact) mass is 311 g/mol. The van der Waals surface area contributed by atoms with Crippen molar-refractivity contribution in [2.75, 3.05) is 12.0 Å². The second-order valence-corrected chi connectivity index (χ2v) is 5.83. The van der Waals surface area contributed by atoms with E-state index in [4.69, 9.17) is 4.74 Å². The molecule has 0 radical (unpaired) electrons. The molecule has 1 aliphatic heterocycles. The number of imide groups is 1. The zero-order valence-corrected chi connectivity index (χ0v) is 13.7. The molecule has 23 heavy (non-hydrogen) atoms. The summed E-state index contributed by atoms with van der Waals surface area (Å²) in [5.41, 5.74) is 1.53. The van der Waals surface area contributed by atoms with Gasteiger partial charge in [0, 0.05) is 7.11 Å². The summed E-state index contributed by atoms with van der Waals surface area (Å²) in [7, 11) is 1.48. The van der Waals surface area contributed by atoms with Gasteiger partial charge in [-0.1, -0.05) is 50.3 Å². The minimum Gasteiger partial charge on any atom is -0.363 e. The molecule has 0 N–H and O–H groups in total. The lowest BCUT2D eigenvalue weighted by Crippen LogP contribution is -2.44. The van der Waals surface area contributed by atoms with Crippen molar-refractivity contribution >= 4 is 17.5 Å². The lowest BCUT2D eigenvalue weighted by molar-refractivity contribution is -0.134. The van der Waals surface area contributed by atoms with Crippen LogP contribution in [0.3, 0.4) is 0 Å². The predicted octanol–water partition coefficient (Wildman–Crippen LogP) is 2.81. The summed E-state index contributed by atoms with van der Waals surface area (Å²) in [5, 5.41) is 0. The van der Waals surface area contributed by atoms with Gasteiger partial charge in [-0.25, -0.2) is 4.90 Å². The first-order chi connectivity index (χ1) is 11.1. The maximum atomic E-state index is 13.1. The maximum Gasteiger partial charge on any atom is 0.271 e. The van der Waals surface area contributed by atoms with Crippen molar-refractivity contribution in [2.24, 2.45) is 5.92 Å². The van der Waals surface area contributed by atoms with E-state index >= 15 is 0 Å². The summed E-state index contributed by atoms with van der Waals surface area (Å²) in [6.07, 6.45) is 8.53. The molecular weight excluding hydrogens is 290 g/mol. The van der Waals surface area contributed by atoms with Crippen molar-refractivity contribution in [1.82, 2.24) is 0 Å². The Morgan fingerprint density at radius 3 is 2.30 bits per heavy atom. The van der Waals surface area contributed by atoms with Crippen LogP contribution in [0.1, 0.15) is 25.0 Å². The number of rotatable bonds is 4. The summed E-state index contributed by atoms with van der Waals surface area (Å²) in [6, 6.07) is 5.93. The van der Waals surface area contributed by atoms with E-state index in [1.54, 1.807) is 24.3 Å². The third-order valence-electron chi connectivity index (χ3n) is 4.77. The Bertz CT molecular complexity index is 697. The Kier molecular flexibility index (Phi) is 3.94. The molecule has 1 aliphatic carbocycles. The van der Waals surface area contributed by atoms with Crippen LogP contribution in [-0.2, 0) is 27.2 Å². The number of carbonyl (C=O) groups is 2. The van der Waals surface area contributed by atoms with Gasteiger partial charge in [0.05, 0.1) is 11.6 Å². The highest BCUT2D eigenvalue weighted by molar-refractivity contribution is 6.27. The van der Waals surface area contributed by atoms with Gasteiger partial charge >= 0.3 is 0 Å². The van der Waals surface area contributed by atoms with Crippen molar-refractivity contribution in [3.63, 3.8) is 0 Å². The molecule has 0 bridgehead atoms. The minimum atomic E-state index is -1.21. The Balaban J connectivity index is 2.19. The van der Waals surface area contributed by atoms with E-state index in [2.05, 4.69) is 0 Å². The van der Waals surface area contributed by atoms with Gasteiger partial charge < -0.3 is 4.74 Å². The summed E-state index contributed by atoms with van der Waals surface area (Å²) < 4.78 is 5.53. The molecular formula is C19H21NO3. The molecule has 1 aromatic rings. The Hall–Kier alpha value is -2.20. The predicted molar refractivity (Wildman–Crippen MR) is 89.2 cm³/mol. The first kappa shape index (κ1) is 15.7. The van der Waals surface area contributed by atoms with Crippen molar-refractivity contribution in [3.05, 3.63) is 53.6 Å². The molecule has 0 spiro atoms. The molecule has 1 saturated heterocycles. The molecule has 3 rings (SSSR count). The van der Waals surface area contributed by atoms with E-state index in [0.29, 0.717) is 0 Å². The van der Waals surface area contributed by atoms with Gasteiger partial charge in [0.25, 0.3) is 5.91 Å². The van der Waals surface area contributed by atoms with Crippen molar-refractivity contribution in [2.45, 2.75) is 32.3 Å². The third-order valence-corrected chi connectivity index (χ3v) is 4.77. The summed E-state index contributed by atoms with van der Waals surface area (Å²) >= 11 is 0. The van der Waals surface area contributed by atoms with Gasteiger partial charge in [0.2, 0.25) is 5.91 Å². The molecule has 2 unspecified atom stereocenters. The first-order valence-electron chi connectivity index (χ1n) is 8.01. The topological polar surface area (TPSA) is 46.6 Å². The van der Waals surface area contributed by atoms with Crippen molar-refractivity contribution < 1.29 is 14.3 Å². The summed E-state index contributed by atoms with van der Waals surface area (Å²) in [5.74, 6) is -1.11. The minimum absolute atomic E-state index is 0.215. The molecule has 1 heterocycles. The van der Waals surface area contributed by atoms with Crippen molar-refractivity contribution in [1.29, 1.82) is 0 Å². The number of anilines is 1. The number of hydrogen-bond acceptors (Lipinski definition) is 3. The summed E-state index contributed by atoms with van der Waals surface area (Å²) in [4.78, 5) is 27.5. The van der Waals surface area contributed by atoms with E-state index in [1.165, 1.54) is 12.0 Å². The molecule has 4 nitrogen and oxygen atoms in total. The van der Waals surface area contributed by atoms with Gasteiger partial charge in [0.15, 0.2) is 5.60 Å². The smallest absolute Gasteiger partial charge is 0.271 e. The average Bonchev–Trinajstić information content (AvgIpc) is 2.82. The Labute approximate surface area is 136 Å². The van der Waals surface area contributed by atoms with Crippen LogP contribution in [-0.4, -0.2) is 24.5 Å². The second kappa shape index (κ2) is 5.78. The number of para-hydroxylation sites is 1. The molecule has 0 saturated carbocycles. The van der Waals surface area contributed by atoms with Crippen LogP contribution in [0.4, 0.5) is 5.69 Å². The number of nitrogens with zero attached hydrogens (tertiary/aromatic N) is 1. The van der Waals surface area contributed by atoms with Gasteiger partial charge in [-0.05, 0) is 30.0 Å². The van der Waals surface area contributed by atoms with Crippen LogP contribution < -0.4 is 4.90 Å².